The molecule has 1 saturated heterocycles. The molecule has 0 spiro atoms. The van der Waals surface area contributed by atoms with Gasteiger partial charge in [-0.05, 0) is 54.4 Å². The third-order valence-electron chi connectivity index (χ3n) is 4.15. The summed E-state index contributed by atoms with van der Waals surface area (Å²) < 4.78 is 5.88. The second-order valence-corrected chi connectivity index (χ2v) is 6.72. The Morgan fingerprint density at radius 2 is 1.96 bits per heavy atom. The van der Waals surface area contributed by atoms with Crippen LogP contribution in [0.25, 0.3) is 0 Å². The van der Waals surface area contributed by atoms with Gasteiger partial charge in [-0.2, -0.15) is 0 Å². The van der Waals surface area contributed by atoms with Crippen molar-refractivity contribution in [2.24, 2.45) is 0 Å². The van der Waals surface area contributed by atoms with Gasteiger partial charge in [-0.15, -0.1) is 0 Å². The van der Waals surface area contributed by atoms with Crippen molar-refractivity contribution in [3.05, 3.63) is 28.2 Å². The Balaban J connectivity index is 1.89. The SMILES string of the molecule is CCOC(=O)N1CCN([C@H](C)C(=O)Nc2ccc(C)cc2Br)CC1. The van der Waals surface area contributed by atoms with Gasteiger partial charge in [0.15, 0.2) is 0 Å². The molecular formula is C17H24BrN3O3. The fourth-order valence-corrected chi connectivity index (χ4v) is 3.22. The topological polar surface area (TPSA) is 61.9 Å². The quantitative estimate of drug-likeness (QED) is 0.848. The number of piperazine rings is 1. The second-order valence-electron chi connectivity index (χ2n) is 5.87. The average Bonchev–Trinajstić information content (AvgIpc) is 2.57. The van der Waals surface area contributed by atoms with Crippen LogP contribution in [0.5, 0.6) is 0 Å². The van der Waals surface area contributed by atoms with Gasteiger partial charge in [0.25, 0.3) is 0 Å². The first kappa shape index (κ1) is 18.7. The van der Waals surface area contributed by atoms with E-state index in [4.69, 9.17) is 4.74 Å². The number of nitrogens with one attached hydrogen (secondary N) is 1. The van der Waals surface area contributed by atoms with E-state index in [1.807, 2.05) is 32.0 Å². The van der Waals surface area contributed by atoms with Gasteiger partial charge in [0.05, 0.1) is 18.3 Å². The van der Waals surface area contributed by atoms with E-state index in [1.54, 1.807) is 11.8 Å². The molecule has 1 aromatic rings. The number of hydrogen-bond donors (Lipinski definition) is 1. The Labute approximate surface area is 151 Å². The lowest BCUT2D eigenvalue weighted by Gasteiger charge is -2.36. The molecule has 6 nitrogen and oxygen atoms in total. The Bertz CT molecular complexity index is 601. The smallest absolute Gasteiger partial charge is 0.409 e. The number of carbonyl (C=O) groups is 2. The Hall–Kier alpha value is -1.60. The van der Waals surface area contributed by atoms with Gasteiger partial charge in [0.1, 0.15) is 0 Å². The molecular weight excluding hydrogens is 374 g/mol. The molecule has 1 atom stereocenters. The van der Waals surface area contributed by atoms with E-state index >= 15 is 0 Å². The van der Waals surface area contributed by atoms with E-state index in [0.717, 1.165) is 15.7 Å². The average molecular weight is 398 g/mol. The number of rotatable bonds is 4. The van der Waals surface area contributed by atoms with Gasteiger partial charge in [-0.25, -0.2) is 4.79 Å². The number of ether oxygens (including phenoxy) is 1. The molecule has 0 unspecified atom stereocenters. The normalized spacial score (nSPS) is 16.6. The van der Waals surface area contributed by atoms with Crippen molar-refractivity contribution in [1.82, 2.24) is 9.80 Å². The van der Waals surface area contributed by atoms with Gasteiger partial charge >= 0.3 is 6.09 Å². The standard InChI is InChI=1S/C17H24BrN3O3/c1-4-24-17(23)21-9-7-20(8-10-21)13(3)16(22)19-15-6-5-12(2)11-14(15)18/h5-6,11,13H,4,7-10H2,1-3H3,(H,19,22)/t13-/m1/s1. The number of halogens is 1. The number of anilines is 1. The van der Waals surface area contributed by atoms with Crippen LogP contribution in [0.1, 0.15) is 19.4 Å². The van der Waals surface area contributed by atoms with Crippen molar-refractivity contribution in [2.75, 3.05) is 38.1 Å². The van der Waals surface area contributed by atoms with Crippen LogP contribution in [-0.2, 0) is 9.53 Å². The maximum atomic E-state index is 12.5. The van der Waals surface area contributed by atoms with Crippen molar-refractivity contribution in [3.8, 4) is 0 Å². The molecule has 0 aliphatic carbocycles. The molecule has 2 rings (SSSR count). The molecule has 0 saturated carbocycles. The maximum Gasteiger partial charge on any atom is 0.409 e. The highest BCUT2D eigenvalue weighted by Crippen LogP contribution is 2.23. The monoisotopic (exact) mass is 397 g/mol. The zero-order chi connectivity index (χ0) is 17.7. The molecule has 1 N–H and O–H groups in total. The van der Waals surface area contributed by atoms with E-state index in [0.29, 0.717) is 32.8 Å². The fraction of sp³-hybridized carbons (Fsp3) is 0.529. The minimum Gasteiger partial charge on any atom is -0.450 e. The third-order valence-corrected chi connectivity index (χ3v) is 4.81. The van der Waals surface area contributed by atoms with Crippen molar-refractivity contribution < 1.29 is 14.3 Å². The van der Waals surface area contributed by atoms with Crippen LogP contribution < -0.4 is 5.32 Å². The summed E-state index contributed by atoms with van der Waals surface area (Å²) in [7, 11) is 0. The maximum absolute atomic E-state index is 12.5. The summed E-state index contributed by atoms with van der Waals surface area (Å²) in [6.07, 6.45) is -0.280. The van der Waals surface area contributed by atoms with Crippen molar-refractivity contribution in [1.29, 1.82) is 0 Å². The van der Waals surface area contributed by atoms with Crippen molar-refractivity contribution in [2.45, 2.75) is 26.8 Å². The molecule has 1 aliphatic heterocycles. The van der Waals surface area contributed by atoms with Crippen LogP contribution in [-0.4, -0.2) is 60.6 Å². The van der Waals surface area contributed by atoms with Crippen LogP contribution in [0.4, 0.5) is 10.5 Å². The summed E-state index contributed by atoms with van der Waals surface area (Å²) in [6.45, 7) is 8.52. The molecule has 24 heavy (non-hydrogen) atoms. The molecule has 0 radical (unpaired) electrons. The summed E-state index contributed by atoms with van der Waals surface area (Å²) in [5.41, 5.74) is 1.89. The summed E-state index contributed by atoms with van der Waals surface area (Å²) in [4.78, 5) is 28.0. The number of aryl methyl sites for hydroxylation is 1. The number of benzene rings is 1. The highest BCUT2D eigenvalue weighted by molar-refractivity contribution is 9.10. The van der Waals surface area contributed by atoms with E-state index < -0.39 is 0 Å². The molecule has 7 heteroatoms. The van der Waals surface area contributed by atoms with E-state index in [1.165, 1.54) is 0 Å². The van der Waals surface area contributed by atoms with E-state index in [9.17, 15) is 9.59 Å². The Kier molecular flexibility index (Phi) is 6.62. The van der Waals surface area contributed by atoms with Crippen molar-refractivity contribution >= 4 is 33.6 Å². The first-order chi connectivity index (χ1) is 11.4. The molecule has 1 aromatic carbocycles. The van der Waals surface area contributed by atoms with E-state index in [2.05, 4.69) is 26.1 Å². The predicted octanol–water partition coefficient (Wildman–Crippen LogP) is 2.86. The summed E-state index contributed by atoms with van der Waals surface area (Å²) in [5, 5.41) is 2.96. The second kappa shape index (κ2) is 8.48. The molecule has 0 bridgehead atoms. The first-order valence-electron chi connectivity index (χ1n) is 8.15. The number of nitrogens with zero attached hydrogens (tertiary/aromatic N) is 2. The van der Waals surface area contributed by atoms with Crippen molar-refractivity contribution in [3.63, 3.8) is 0 Å². The molecule has 2 amide bonds. The minimum atomic E-state index is -0.280. The van der Waals surface area contributed by atoms with Gasteiger partial charge in [-0.3, -0.25) is 9.69 Å². The summed E-state index contributed by atoms with van der Waals surface area (Å²) in [6, 6.07) is 5.56. The van der Waals surface area contributed by atoms with Crippen LogP contribution in [0.15, 0.2) is 22.7 Å². The van der Waals surface area contributed by atoms with Gasteiger partial charge < -0.3 is 15.0 Å². The zero-order valence-corrected chi connectivity index (χ0v) is 15.9. The molecule has 1 heterocycles. The van der Waals surface area contributed by atoms with Gasteiger partial charge in [-0.1, -0.05) is 6.07 Å². The Morgan fingerprint density at radius 3 is 2.54 bits per heavy atom. The highest BCUT2D eigenvalue weighted by atomic mass is 79.9. The number of carbonyl (C=O) groups excluding carboxylic acids is 2. The summed E-state index contributed by atoms with van der Waals surface area (Å²) in [5.74, 6) is -0.0517. The van der Waals surface area contributed by atoms with Gasteiger partial charge in [0, 0.05) is 30.7 Å². The van der Waals surface area contributed by atoms with Crippen LogP contribution in [0.2, 0.25) is 0 Å². The molecule has 0 aromatic heterocycles. The van der Waals surface area contributed by atoms with Crippen LogP contribution >= 0.6 is 15.9 Å². The third kappa shape index (κ3) is 4.70. The lowest BCUT2D eigenvalue weighted by Crippen LogP contribution is -2.54. The molecule has 1 fully saturated rings. The van der Waals surface area contributed by atoms with Gasteiger partial charge in [0.2, 0.25) is 5.91 Å². The Morgan fingerprint density at radius 1 is 1.29 bits per heavy atom. The van der Waals surface area contributed by atoms with Crippen LogP contribution in [0.3, 0.4) is 0 Å². The lowest BCUT2D eigenvalue weighted by atomic mass is 10.2. The van der Waals surface area contributed by atoms with Crippen LogP contribution in [0, 0.1) is 6.92 Å². The zero-order valence-electron chi connectivity index (χ0n) is 14.3. The summed E-state index contributed by atoms with van der Waals surface area (Å²) >= 11 is 3.47. The number of amides is 2. The number of hydrogen-bond acceptors (Lipinski definition) is 4. The largest absolute Gasteiger partial charge is 0.450 e. The molecule has 132 valence electrons. The lowest BCUT2D eigenvalue weighted by molar-refractivity contribution is -0.121. The van der Waals surface area contributed by atoms with E-state index in [-0.39, 0.29) is 18.0 Å². The molecule has 1 aliphatic rings. The minimum absolute atomic E-state index is 0.0517. The predicted molar refractivity (Wildman–Crippen MR) is 97.1 cm³/mol. The highest BCUT2D eigenvalue weighted by Gasteiger charge is 2.28. The fourth-order valence-electron chi connectivity index (χ4n) is 2.63. The first-order valence-corrected chi connectivity index (χ1v) is 8.94.